The van der Waals surface area contributed by atoms with Gasteiger partial charge in [-0.15, -0.1) is 0 Å². The smallest absolute Gasteiger partial charge is 0.462 e. The van der Waals surface area contributed by atoms with Crippen molar-refractivity contribution in [2.75, 3.05) is 13.2 Å². The monoisotopic (exact) mass is 595 g/mol. The number of benzene rings is 1. The van der Waals surface area contributed by atoms with E-state index in [4.69, 9.17) is 4.74 Å². The van der Waals surface area contributed by atoms with E-state index in [0.29, 0.717) is 12.1 Å². The molecule has 1 aliphatic heterocycles. The van der Waals surface area contributed by atoms with Gasteiger partial charge in [-0.25, -0.2) is 9.38 Å². The summed E-state index contributed by atoms with van der Waals surface area (Å²) in [6.45, 7) is 0.371. The highest BCUT2D eigenvalue weighted by Gasteiger charge is 2.84. The first-order valence-electron chi connectivity index (χ1n) is 9.20. The second kappa shape index (κ2) is 9.79. The molecule has 2 atom stereocenters. The molecule has 1 aromatic carbocycles. The lowest BCUT2D eigenvalue weighted by Gasteiger charge is -2.38. The van der Waals surface area contributed by atoms with E-state index in [1.165, 1.54) is 4.74 Å². The maximum atomic E-state index is 14.0. The molecule has 0 aliphatic carbocycles. The average molecular weight is 595 g/mol. The highest BCUT2D eigenvalue weighted by molar-refractivity contribution is 5.95. The molecule has 0 aromatic heterocycles. The normalized spacial score (nSPS) is 18.5. The van der Waals surface area contributed by atoms with Gasteiger partial charge in [0, 0.05) is 5.56 Å². The second-order valence-corrected chi connectivity index (χ2v) is 6.96. The Balaban J connectivity index is 2.29. The molecule has 218 valence electrons. The van der Waals surface area contributed by atoms with Gasteiger partial charge in [-0.05, 0) is 24.3 Å². The summed E-state index contributed by atoms with van der Waals surface area (Å²) in [7, 11) is 0. The Morgan fingerprint density at radius 2 is 1.26 bits per heavy atom. The molecule has 38 heavy (non-hydrogen) atoms. The van der Waals surface area contributed by atoms with Crippen LogP contribution in [0.1, 0.15) is 5.56 Å². The molecule has 0 saturated carbocycles. The Hall–Kier alpha value is -2.71. The predicted octanol–water partition coefficient (Wildman–Crippen LogP) is 6.38. The Kier molecular flexibility index (Phi) is 8.12. The molecule has 2 rings (SSSR count). The van der Waals surface area contributed by atoms with Crippen molar-refractivity contribution in [2.45, 2.75) is 48.8 Å². The number of hydrogen-bond acceptors (Lipinski definition) is 5. The highest BCUT2D eigenvalue weighted by atomic mass is 19.4. The molecule has 2 unspecified atom stereocenters. The molecular weight excluding hydrogens is 586 g/mol. The van der Waals surface area contributed by atoms with Crippen LogP contribution in [0.5, 0.6) is 5.75 Å². The third-order valence-electron chi connectivity index (χ3n) is 4.19. The minimum atomic E-state index is -7.76. The number of halogens is 16. The summed E-state index contributed by atoms with van der Waals surface area (Å²) in [4.78, 5) is 3.82. The lowest BCUT2D eigenvalue weighted by molar-refractivity contribution is -0.543. The van der Waals surface area contributed by atoms with Crippen LogP contribution in [0.25, 0.3) is 0 Å². The van der Waals surface area contributed by atoms with Gasteiger partial charge in [0.05, 0.1) is 6.54 Å². The van der Waals surface area contributed by atoms with E-state index < -0.39 is 54.6 Å². The lowest BCUT2D eigenvalue weighted by atomic mass is 10.2. The fourth-order valence-electron chi connectivity index (χ4n) is 2.34. The average Bonchev–Trinajstić information content (AvgIpc) is 3.26. The molecule has 1 heterocycles. The molecule has 1 aromatic rings. The lowest BCUT2D eigenvalue weighted by Crippen LogP contribution is -2.66. The number of hydrogen-bond donors (Lipinski definition) is 0. The summed E-state index contributed by atoms with van der Waals surface area (Å²) < 4.78 is 222. The minimum absolute atomic E-state index is 0.00833. The van der Waals surface area contributed by atoms with Gasteiger partial charge in [-0.3, -0.25) is 9.47 Å². The Morgan fingerprint density at radius 3 is 1.68 bits per heavy atom. The zero-order valence-corrected chi connectivity index (χ0v) is 17.4. The SMILES string of the molecule is FC(OC(F)(F)C(F)(OC(F)(F)C(F)(F)C(F)(F)F)C(F)(F)F)C(F)(F)Oc1ccc(C2=NCCO2)cc1. The van der Waals surface area contributed by atoms with Crippen molar-refractivity contribution in [3.8, 4) is 5.75 Å². The molecule has 0 bridgehead atoms. The first kappa shape index (κ1) is 31.5. The van der Waals surface area contributed by atoms with E-state index in [0.717, 1.165) is 12.1 Å². The standard InChI is InChI=1S/C17H9F16NO4/c18-10(11(19,20)36-8-3-1-7(2-4-8)9-34-5-6-35-9)37-17(32,33)13(23,15(27,28)29)38-16(30,31)12(21,22)14(24,25)26/h1-4,10H,5-6H2. The number of nitrogens with zero attached hydrogens (tertiary/aromatic N) is 1. The van der Waals surface area contributed by atoms with Gasteiger partial charge in [-0.2, -0.15) is 65.9 Å². The maximum Gasteiger partial charge on any atom is 0.462 e. The van der Waals surface area contributed by atoms with Crippen LogP contribution in [0.2, 0.25) is 0 Å². The second-order valence-electron chi connectivity index (χ2n) is 6.96. The van der Waals surface area contributed by atoms with E-state index in [1.54, 1.807) is 0 Å². The van der Waals surface area contributed by atoms with E-state index in [2.05, 4.69) is 14.5 Å². The maximum absolute atomic E-state index is 14.0. The summed E-state index contributed by atoms with van der Waals surface area (Å²) in [5, 5.41) is 0. The Labute approximate surface area is 198 Å². The van der Waals surface area contributed by atoms with Crippen LogP contribution in [0.3, 0.4) is 0 Å². The van der Waals surface area contributed by atoms with Gasteiger partial charge >= 0.3 is 48.8 Å². The Bertz CT molecular complexity index is 1010. The summed E-state index contributed by atoms with van der Waals surface area (Å²) in [5.74, 6) is -16.6. The topological polar surface area (TPSA) is 49.3 Å². The summed E-state index contributed by atoms with van der Waals surface area (Å²) in [6, 6.07) is 3.06. The molecule has 1 aliphatic rings. The van der Waals surface area contributed by atoms with Gasteiger partial charge in [-0.1, -0.05) is 0 Å². The minimum Gasteiger partial charge on any atom is -0.476 e. The molecule has 5 nitrogen and oxygen atoms in total. The molecule has 0 saturated heterocycles. The third kappa shape index (κ3) is 5.96. The van der Waals surface area contributed by atoms with Crippen LogP contribution in [0.4, 0.5) is 70.2 Å². The highest BCUT2D eigenvalue weighted by Crippen LogP contribution is 2.55. The van der Waals surface area contributed by atoms with Crippen molar-refractivity contribution in [1.82, 2.24) is 0 Å². The van der Waals surface area contributed by atoms with Crippen molar-refractivity contribution < 1.29 is 89.2 Å². The summed E-state index contributed by atoms with van der Waals surface area (Å²) in [5.41, 5.74) is 0.124. The van der Waals surface area contributed by atoms with Crippen molar-refractivity contribution >= 4 is 5.90 Å². The first-order valence-corrected chi connectivity index (χ1v) is 9.20. The van der Waals surface area contributed by atoms with Crippen LogP contribution < -0.4 is 4.74 Å². The molecule has 0 fully saturated rings. The van der Waals surface area contributed by atoms with Crippen molar-refractivity contribution in [1.29, 1.82) is 0 Å². The molecule has 0 spiro atoms. The van der Waals surface area contributed by atoms with Crippen molar-refractivity contribution in [3.05, 3.63) is 29.8 Å². The van der Waals surface area contributed by atoms with Crippen LogP contribution in [-0.2, 0) is 14.2 Å². The number of aliphatic imine (C=N–C) groups is 1. The van der Waals surface area contributed by atoms with Crippen LogP contribution in [0, 0.1) is 0 Å². The van der Waals surface area contributed by atoms with Crippen molar-refractivity contribution in [2.24, 2.45) is 4.99 Å². The number of rotatable bonds is 10. The largest absolute Gasteiger partial charge is 0.476 e. The molecular formula is C17H9F16NO4. The van der Waals surface area contributed by atoms with Gasteiger partial charge in [0.2, 0.25) is 5.90 Å². The number of ether oxygens (including phenoxy) is 4. The van der Waals surface area contributed by atoms with E-state index in [9.17, 15) is 70.2 Å². The van der Waals surface area contributed by atoms with Crippen molar-refractivity contribution in [3.63, 3.8) is 0 Å². The van der Waals surface area contributed by atoms with Gasteiger partial charge in [0.1, 0.15) is 12.4 Å². The first-order chi connectivity index (χ1) is 16.9. The van der Waals surface area contributed by atoms with Crippen LogP contribution in [0.15, 0.2) is 29.3 Å². The zero-order valence-electron chi connectivity index (χ0n) is 17.4. The van der Waals surface area contributed by atoms with E-state index >= 15 is 0 Å². The molecule has 0 N–H and O–H groups in total. The van der Waals surface area contributed by atoms with Gasteiger partial charge in [0.25, 0.3) is 0 Å². The van der Waals surface area contributed by atoms with Crippen LogP contribution in [-0.4, -0.2) is 67.9 Å². The van der Waals surface area contributed by atoms with Crippen LogP contribution >= 0.6 is 0 Å². The Morgan fingerprint density at radius 1 is 0.737 bits per heavy atom. The fraction of sp³-hybridized carbons (Fsp3) is 0.588. The van der Waals surface area contributed by atoms with E-state index in [1.807, 2.05) is 0 Å². The van der Waals surface area contributed by atoms with Gasteiger partial charge in [0.15, 0.2) is 0 Å². The predicted molar refractivity (Wildman–Crippen MR) is 87.2 cm³/mol. The number of alkyl halides is 16. The zero-order chi connectivity index (χ0) is 29.6. The fourth-order valence-corrected chi connectivity index (χ4v) is 2.34. The molecule has 21 heteroatoms. The molecule has 0 radical (unpaired) electrons. The van der Waals surface area contributed by atoms with E-state index in [-0.39, 0.29) is 24.6 Å². The van der Waals surface area contributed by atoms with Gasteiger partial charge < -0.3 is 9.47 Å². The quantitative estimate of drug-likeness (QED) is 0.295. The molecule has 0 amide bonds. The summed E-state index contributed by atoms with van der Waals surface area (Å²) >= 11 is 0. The summed E-state index contributed by atoms with van der Waals surface area (Å²) in [6.07, 6.45) is -41.4. The third-order valence-corrected chi connectivity index (χ3v) is 4.19.